The van der Waals surface area contributed by atoms with Gasteiger partial charge in [0.1, 0.15) is 17.5 Å². The third-order valence-corrected chi connectivity index (χ3v) is 5.02. The highest BCUT2D eigenvalue weighted by Gasteiger charge is 2.22. The van der Waals surface area contributed by atoms with Crippen LogP contribution in [0.25, 0.3) is 10.8 Å². The van der Waals surface area contributed by atoms with E-state index in [0.717, 1.165) is 0 Å². The molecule has 0 saturated carbocycles. The zero-order valence-electron chi connectivity index (χ0n) is 16.9. The molecular weight excluding hydrogens is 404 g/mol. The van der Waals surface area contributed by atoms with E-state index in [0.29, 0.717) is 22.9 Å². The van der Waals surface area contributed by atoms with Gasteiger partial charge in [0.25, 0.3) is 11.5 Å². The number of halogens is 2. The van der Waals surface area contributed by atoms with Gasteiger partial charge >= 0.3 is 0 Å². The van der Waals surface area contributed by atoms with Crippen LogP contribution in [0, 0.1) is 25.5 Å². The molecule has 0 aliphatic heterocycles. The number of fused-ring (bicyclic) bond motifs is 1. The monoisotopic (exact) mass is 423 g/mol. The molecular formula is C22H19F2N5O2. The van der Waals surface area contributed by atoms with Crippen LogP contribution in [0.2, 0.25) is 0 Å². The summed E-state index contributed by atoms with van der Waals surface area (Å²) in [6, 6.07) is 10.0. The van der Waals surface area contributed by atoms with Gasteiger partial charge in [0.2, 0.25) is 0 Å². The number of hydrogen-bond acceptors (Lipinski definition) is 4. The molecule has 31 heavy (non-hydrogen) atoms. The molecule has 2 aromatic carbocycles. The first-order valence-corrected chi connectivity index (χ1v) is 9.57. The second-order valence-corrected chi connectivity index (χ2v) is 7.16. The van der Waals surface area contributed by atoms with Crippen LogP contribution in [-0.4, -0.2) is 25.7 Å². The summed E-state index contributed by atoms with van der Waals surface area (Å²) in [6.45, 7) is 3.38. The first-order chi connectivity index (χ1) is 14.8. The van der Waals surface area contributed by atoms with Gasteiger partial charge < -0.3 is 9.88 Å². The Morgan fingerprint density at radius 3 is 2.65 bits per heavy atom. The highest BCUT2D eigenvalue weighted by molar-refractivity contribution is 6.07. The molecule has 1 amide bonds. The molecule has 4 rings (SSSR count). The quantitative estimate of drug-likeness (QED) is 0.516. The number of nitrogens with one attached hydrogen (secondary N) is 2. The second kappa shape index (κ2) is 8.10. The number of H-pyrrole nitrogens is 1. The predicted molar refractivity (Wildman–Crippen MR) is 111 cm³/mol. The summed E-state index contributed by atoms with van der Waals surface area (Å²) in [6.07, 6.45) is 0. The Kier molecular flexibility index (Phi) is 5.33. The van der Waals surface area contributed by atoms with Gasteiger partial charge in [-0.1, -0.05) is 24.3 Å². The lowest BCUT2D eigenvalue weighted by Crippen LogP contribution is -2.31. The van der Waals surface area contributed by atoms with E-state index in [9.17, 15) is 18.4 Å². The number of benzene rings is 2. The van der Waals surface area contributed by atoms with Gasteiger partial charge in [-0.05, 0) is 37.6 Å². The summed E-state index contributed by atoms with van der Waals surface area (Å²) in [5, 5.41) is 9.48. The Morgan fingerprint density at radius 2 is 1.94 bits per heavy atom. The van der Waals surface area contributed by atoms with Crippen LogP contribution in [0.4, 0.5) is 8.78 Å². The van der Waals surface area contributed by atoms with Crippen LogP contribution in [0.3, 0.4) is 0 Å². The Bertz CT molecular complexity index is 1360. The summed E-state index contributed by atoms with van der Waals surface area (Å²) < 4.78 is 29.3. The van der Waals surface area contributed by atoms with Crippen LogP contribution in [-0.2, 0) is 13.1 Å². The van der Waals surface area contributed by atoms with E-state index in [2.05, 4.69) is 20.5 Å². The molecule has 0 radical (unpaired) electrons. The molecule has 2 N–H and O–H groups in total. The van der Waals surface area contributed by atoms with Crippen molar-refractivity contribution in [2.75, 3.05) is 0 Å². The van der Waals surface area contributed by atoms with Gasteiger partial charge in [0.15, 0.2) is 5.82 Å². The molecule has 0 spiro atoms. The number of aromatic amines is 1. The number of rotatable bonds is 5. The Balaban J connectivity index is 1.80. The molecule has 2 heterocycles. The van der Waals surface area contributed by atoms with Gasteiger partial charge in [-0.15, -0.1) is 0 Å². The maximum Gasteiger partial charge on any atom is 0.262 e. The van der Waals surface area contributed by atoms with E-state index < -0.39 is 23.1 Å². The molecule has 4 aromatic rings. The van der Waals surface area contributed by atoms with Crippen LogP contribution < -0.4 is 10.9 Å². The van der Waals surface area contributed by atoms with Crippen molar-refractivity contribution in [2.24, 2.45) is 0 Å². The summed E-state index contributed by atoms with van der Waals surface area (Å²) >= 11 is 0. The molecule has 0 aliphatic carbocycles. The van der Waals surface area contributed by atoms with E-state index in [-0.39, 0.29) is 29.4 Å². The molecule has 2 aromatic heterocycles. The molecule has 0 unspecified atom stereocenters. The van der Waals surface area contributed by atoms with E-state index in [4.69, 9.17) is 0 Å². The van der Waals surface area contributed by atoms with Crippen molar-refractivity contribution in [3.63, 3.8) is 0 Å². The fourth-order valence-electron chi connectivity index (χ4n) is 3.56. The smallest absolute Gasteiger partial charge is 0.262 e. The number of hydrogen-bond donors (Lipinski definition) is 2. The number of pyridine rings is 1. The number of aromatic nitrogens is 4. The Morgan fingerprint density at radius 1 is 1.16 bits per heavy atom. The molecule has 158 valence electrons. The molecule has 0 fully saturated rings. The van der Waals surface area contributed by atoms with Crippen molar-refractivity contribution >= 4 is 16.7 Å². The average Bonchev–Trinajstić information content (AvgIpc) is 3.14. The summed E-state index contributed by atoms with van der Waals surface area (Å²) in [7, 11) is 0. The second-order valence-electron chi connectivity index (χ2n) is 7.16. The molecule has 0 saturated heterocycles. The molecule has 9 heteroatoms. The minimum absolute atomic E-state index is 0.0243. The topological polar surface area (TPSA) is 92.7 Å². The van der Waals surface area contributed by atoms with Crippen molar-refractivity contribution < 1.29 is 13.6 Å². The number of amides is 1. The normalized spacial score (nSPS) is 11.1. The fraction of sp³-hybridized carbons (Fsp3) is 0.182. The molecule has 0 aliphatic rings. The first kappa shape index (κ1) is 20.4. The van der Waals surface area contributed by atoms with E-state index in [1.807, 2.05) is 0 Å². The SMILES string of the molecule is Cc1nc(Cn2c(C)c(C(=O)NCc3cccc(F)c3)c3cccc(F)c3c2=O)n[nH]1. The van der Waals surface area contributed by atoms with Gasteiger partial charge in [-0.2, -0.15) is 5.10 Å². The number of carbonyl (C=O) groups is 1. The lowest BCUT2D eigenvalue weighted by atomic mass is 10.0. The van der Waals surface area contributed by atoms with Crippen LogP contribution in [0.15, 0.2) is 47.3 Å². The van der Waals surface area contributed by atoms with Crippen molar-refractivity contribution in [2.45, 2.75) is 26.9 Å². The third-order valence-electron chi connectivity index (χ3n) is 5.02. The van der Waals surface area contributed by atoms with Crippen molar-refractivity contribution in [3.05, 3.63) is 92.9 Å². The maximum atomic E-state index is 14.6. The van der Waals surface area contributed by atoms with Gasteiger partial charge in [-0.25, -0.2) is 13.8 Å². The number of aryl methyl sites for hydroxylation is 1. The lowest BCUT2D eigenvalue weighted by Gasteiger charge is -2.16. The van der Waals surface area contributed by atoms with E-state index >= 15 is 0 Å². The van der Waals surface area contributed by atoms with Gasteiger partial charge in [0.05, 0.1) is 17.5 Å². The van der Waals surface area contributed by atoms with Gasteiger partial charge in [0, 0.05) is 17.6 Å². The Hall–Kier alpha value is -3.88. The van der Waals surface area contributed by atoms with Crippen molar-refractivity contribution in [1.82, 2.24) is 25.1 Å². The van der Waals surface area contributed by atoms with Crippen LogP contribution in [0.1, 0.15) is 33.3 Å². The summed E-state index contributed by atoms with van der Waals surface area (Å²) in [5.41, 5.74) is 0.515. The standard InChI is InChI=1S/C22H19F2N5O2/c1-12-19(21(30)25-10-14-5-3-6-15(23)9-14)16-7-4-8-17(24)20(16)22(31)29(12)11-18-26-13(2)27-28-18/h3-9H,10-11H2,1-2H3,(H,25,30)(H,26,27,28). The van der Waals surface area contributed by atoms with E-state index in [1.54, 1.807) is 26.0 Å². The maximum absolute atomic E-state index is 14.6. The zero-order valence-corrected chi connectivity index (χ0v) is 16.9. The average molecular weight is 423 g/mol. The van der Waals surface area contributed by atoms with Crippen molar-refractivity contribution in [3.8, 4) is 0 Å². The third kappa shape index (κ3) is 3.94. The van der Waals surface area contributed by atoms with Crippen molar-refractivity contribution in [1.29, 1.82) is 0 Å². The fourth-order valence-corrected chi connectivity index (χ4v) is 3.56. The minimum atomic E-state index is -0.721. The first-order valence-electron chi connectivity index (χ1n) is 9.57. The number of nitrogens with zero attached hydrogens (tertiary/aromatic N) is 3. The minimum Gasteiger partial charge on any atom is -0.348 e. The highest BCUT2D eigenvalue weighted by atomic mass is 19.1. The van der Waals surface area contributed by atoms with Gasteiger partial charge in [-0.3, -0.25) is 14.7 Å². The van der Waals surface area contributed by atoms with Crippen LogP contribution >= 0.6 is 0 Å². The van der Waals surface area contributed by atoms with E-state index in [1.165, 1.54) is 34.9 Å². The zero-order chi connectivity index (χ0) is 22.1. The molecule has 0 atom stereocenters. The molecule has 0 bridgehead atoms. The number of carbonyl (C=O) groups excluding carboxylic acids is 1. The summed E-state index contributed by atoms with van der Waals surface area (Å²) in [4.78, 5) is 30.3. The summed E-state index contributed by atoms with van der Waals surface area (Å²) in [5.74, 6) is -0.727. The predicted octanol–water partition coefficient (Wildman–Crippen LogP) is 2.99. The van der Waals surface area contributed by atoms with Crippen LogP contribution in [0.5, 0.6) is 0 Å². The lowest BCUT2D eigenvalue weighted by molar-refractivity contribution is 0.0951. The Labute approximate surface area is 175 Å². The largest absolute Gasteiger partial charge is 0.348 e. The molecule has 7 nitrogen and oxygen atoms in total. The highest BCUT2D eigenvalue weighted by Crippen LogP contribution is 2.22.